The van der Waals surface area contributed by atoms with Gasteiger partial charge in [-0.25, -0.2) is 4.39 Å². The van der Waals surface area contributed by atoms with Crippen molar-refractivity contribution in [3.05, 3.63) is 102 Å². The Morgan fingerprint density at radius 2 is 1.72 bits per heavy atom. The van der Waals surface area contributed by atoms with Crippen molar-refractivity contribution in [1.82, 2.24) is 14.5 Å². The monoisotopic (exact) mass is 527 g/mol. The summed E-state index contributed by atoms with van der Waals surface area (Å²) in [7, 11) is 0. The Bertz CT molecular complexity index is 1630. The Balaban J connectivity index is 1.43. The van der Waals surface area contributed by atoms with E-state index in [1.165, 1.54) is 12.1 Å². The number of ether oxygens (including phenoxy) is 1. The minimum atomic E-state index is -1.06. The van der Waals surface area contributed by atoms with Gasteiger partial charge in [0.1, 0.15) is 23.3 Å². The first-order valence-electron chi connectivity index (χ1n) is 12.2. The quantitative estimate of drug-likeness (QED) is 0.224. The summed E-state index contributed by atoms with van der Waals surface area (Å²) < 4.78 is 22.1. The number of aliphatic hydroxyl groups excluding tert-OH is 1. The van der Waals surface area contributed by atoms with E-state index in [9.17, 15) is 14.3 Å². The maximum absolute atomic E-state index is 14.2. The lowest BCUT2D eigenvalue weighted by Crippen LogP contribution is -2.32. The smallest absolute Gasteiger partial charge is 0.320 e. The number of hydrogen-bond donors (Lipinski definition) is 4. The SMILES string of the molecule is Nc1nc(Oc2ccc(C[C@H](N)C(=O)O)cc2)c2ccn(Cc3ccc(F)cc3-c3ccc(CO)cc3)c2n1. The number of benzene rings is 3. The lowest BCUT2D eigenvalue weighted by molar-refractivity contribution is -0.138. The van der Waals surface area contributed by atoms with Gasteiger partial charge in [0.25, 0.3) is 0 Å². The number of nitrogens with two attached hydrogens (primary N) is 2. The van der Waals surface area contributed by atoms with Crippen LogP contribution in [-0.2, 0) is 24.4 Å². The average Bonchev–Trinajstić information content (AvgIpc) is 3.33. The highest BCUT2D eigenvalue weighted by molar-refractivity contribution is 5.83. The molecule has 0 fully saturated rings. The first-order chi connectivity index (χ1) is 18.8. The maximum atomic E-state index is 14.2. The molecule has 0 spiro atoms. The average molecular weight is 528 g/mol. The summed E-state index contributed by atoms with van der Waals surface area (Å²) in [5, 5.41) is 19.0. The molecule has 1 atom stereocenters. The summed E-state index contributed by atoms with van der Waals surface area (Å²) in [5.74, 6) is -0.630. The molecule has 6 N–H and O–H groups in total. The van der Waals surface area contributed by atoms with Gasteiger partial charge in [-0.3, -0.25) is 4.79 Å². The van der Waals surface area contributed by atoms with Crippen LogP contribution in [0, 0.1) is 5.82 Å². The Labute approximate surface area is 223 Å². The largest absolute Gasteiger partial charge is 0.480 e. The van der Waals surface area contributed by atoms with Crippen molar-refractivity contribution in [2.24, 2.45) is 5.73 Å². The standard InChI is InChI=1S/C29H26FN5O4/c30-21-8-7-20(24(14-21)19-5-1-18(16-36)2-6-19)15-35-12-11-23-26(35)33-29(32)34-27(23)39-22-9-3-17(4-10-22)13-25(31)28(37)38/h1-12,14,25,36H,13,15-16,31H2,(H,37,38)(H2,32,33,34)/t25-/m0/s1. The lowest BCUT2D eigenvalue weighted by atomic mass is 9.98. The number of aliphatic hydroxyl groups is 1. The van der Waals surface area contributed by atoms with Crippen LogP contribution in [0.3, 0.4) is 0 Å². The number of carbonyl (C=O) groups is 1. The first kappa shape index (κ1) is 25.8. The number of aromatic nitrogens is 3. The van der Waals surface area contributed by atoms with Gasteiger partial charge in [-0.15, -0.1) is 0 Å². The molecule has 39 heavy (non-hydrogen) atoms. The van der Waals surface area contributed by atoms with Crippen LogP contribution in [0.1, 0.15) is 16.7 Å². The van der Waals surface area contributed by atoms with Crippen molar-refractivity contribution in [2.75, 3.05) is 5.73 Å². The molecule has 2 aromatic heterocycles. The van der Waals surface area contributed by atoms with Crippen molar-refractivity contribution in [3.63, 3.8) is 0 Å². The highest BCUT2D eigenvalue weighted by Crippen LogP contribution is 2.31. The number of aliphatic carboxylic acids is 1. The Hall–Kier alpha value is -4.80. The number of nitrogens with zero attached hydrogens (tertiary/aromatic N) is 3. The summed E-state index contributed by atoms with van der Waals surface area (Å²) in [6.45, 7) is 0.315. The molecule has 5 rings (SSSR count). The zero-order chi connectivity index (χ0) is 27.5. The molecular weight excluding hydrogens is 501 g/mol. The number of fused-ring (bicyclic) bond motifs is 1. The molecule has 198 valence electrons. The molecular formula is C29H26FN5O4. The zero-order valence-electron chi connectivity index (χ0n) is 20.8. The molecule has 10 heteroatoms. The summed E-state index contributed by atoms with van der Waals surface area (Å²) in [4.78, 5) is 19.7. The molecule has 0 aliphatic carbocycles. The number of carboxylic acids is 1. The van der Waals surface area contributed by atoms with Crippen LogP contribution in [0.2, 0.25) is 0 Å². The minimum absolute atomic E-state index is 0.0282. The van der Waals surface area contributed by atoms with Gasteiger partial charge in [-0.05, 0) is 64.6 Å². The van der Waals surface area contributed by atoms with E-state index in [4.69, 9.17) is 21.3 Å². The normalized spacial score (nSPS) is 12.0. The van der Waals surface area contributed by atoms with Crippen LogP contribution in [0.4, 0.5) is 10.3 Å². The van der Waals surface area contributed by atoms with E-state index >= 15 is 0 Å². The van der Waals surface area contributed by atoms with Gasteiger partial charge < -0.3 is 31.0 Å². The molecule has 0 aliphatic heterocycles. The fourth-order valence-corrected chi connectivity index (χ4v) is 4.33. The maximum Gasteiger partial charge on any atom is 0.320 e. The number of rotatable bonds is 9. The fraction of sp³-hybridized carbons (Fsp3) is 0.138. The number of hydrogen-bond acceptors (Lipinski definition) is 7. The van der Waals surface area contributed by atoms with E-state index in [1.54, 1.807) is 42.5 Å². The van der Waals surface area contributed by atoms with Crippen molar-refractivity contribution >= 4 is 23.0 Å². The van der Waals surface area contributed by atoms with E-state index in [0.717, 1.165) is 27.8 Å². The van der Waals surface area contributed by atoms with Crippen LogP contribution in [0.25, 0.3) is 22.2 Å². The summed E-state index contributed by atoms with van der Waals surface area (Å²) in [6, 6.07) is 19.7. The van der Waals surface area contributed by atoms with Crippen LogP contribution >= 0.6 is 0 Å². The van der Waals surface area contributed by atoms with E-state index in [0.29, 0.717) is 23.3 Å². The van der Waals surface area contributed by atoms with Crippen molar-refractivity contribution in [3.8, 4) is 22.8 Å². The van der Waals surface area contributed by atoms with E-state index in [-0.39, 0.29) is 30.7 Å². The highest BCUT2D eigenvalue weighted by Gasteiger charge is 2.16. The van der Waals surface area contributed by atoms with Crippen molar-refractivity contribution in [2.45, 2.75) is 25.6 Å². The number of anilines is 1. The molecule has 2 heterocycles. The molecule has 0 aliphatic rings. The van der Waals surface area contributed by atoms with Gasteiger partial charge in [0.05, 0.1) is 12.0 Å². The molecule has 0 radical (unpaired) electrons. The predicted octanol–water partition coefficient (Wildman–Crippen LogP) is 4.11. The third-order valence-electron chi connectivity index (χ3n) is 6.37. The molecule has 3 aromatic carbocycles. The first-order valence-corrected chi connectivity index (χ1v) is 12.2. The van der Waals surface area contributed by atoms with Gasteiger partial charge in [0, 0.05) is 12.7 Å². The van der Waals surface area contributed by atoms with Crippen LogP contribution in [0.15, 0.2) is 79.0 Å². The van der Waals surface area contributed by atoms with Gasteiger partial charge >= 0.3 is 5.97 Å². The Morgan fingerprint density at radius 1 is 1.00 bits per heavy atom. The molecule has 0 saturated heterocycles. The molecule has 0 amide bonds. The fourth-order valence-electron chi connectivity index (χ4n) is 4.33. The second kappa shape index (κ2) is 10.9. The summed E-state index contributed by atoms with van der Waals surface area (Å²) in [6.07, 6.45) is 2.03. The second-order valence-electron chi connectivity index (χ2n) is 9.12. The van der Waals surface area contributed by atoms with E-state index in [2.05, 4.69) is 9.97 Å². The number of carboxylic acid groups (broad SMARTS) is 1. The topological polar surface area (TPSA) is 150 Å². The van der Waals surface area contributed by atoms with E-state index < -0.39 is 12.0 Å². The second-order valence-corrected chi connectivity index (χ2v) is 9.12. The van der Waals surface area contributed by atoms with E-state index in [1.807, 2.05) is 29.0 Å². The van der Waals surface area contributed by atoms with Crippen LogP contribution in [0.5, 0.6) is 11.6 Å². The highest BCUT2D eigenvalue weighted by atomic mass is 19.1. The van der Waals surface area contributed by atoms with Crippen LogP contribution in [-0.4, -0.2) is 36.8 Å². The Morgan fingerprint density at radius 3 is 2.41 bits per heavy atom. The third kappa shape index (κ3) is 5.71. The predicted molar refractivity (Wildman–Crippen MR) is 145 cm³/mol. The van der Waals surface area contributed by atoms with Crippen molar-refractivity contribution < 1.29 is 24.1 Å². The molecule has 0 saturated carbocycles. The molecule has 0 bridgehead atoms. The number of halogens is 1. The Kier molecular flexibility index (Phi) is 7.22. The summed E-state index contributed by atoms with van der Waals surface area (Å²) in [5.41, 5.74) is 16.1. The van der Waals surface area contributed by atoms with Crippen molar-refractivity contribution in [1.29, 1.82) is 0 Å². The molecule has 9 nitrogen and oxygen atoms in total. The minimum Gasteiger partial charge on any atom is -0.480 e. The number of nitrogen functional groups attached to an aromatic ring is 1. The van der Waals surface area contributed by atoms with Gasteiger partial charge in [-0.1, -0.05) is 42.5 Å². The molecule has 5 aromatic rings. The summed E-state index contributed by atoms with van der Waals surface area (Å²) >= 11 is 0. The van der Waals surface area contributed by atoms with Gasteiger partial charge in [0.15, 0.2) is 0 Å². The third-order valence-corrected chi connectivity index (χ3v) is 6.37. The van der Waals surface area contributed by atoms with Gasteiger partial charge in [0.2, 0.25) is 11.8 Å². The lowest BCUT2D eigenvalue weighted by Gasteiger charge is -2.13. The zero-order valence-corrected chi connectivity index (χ0v) is 20.8. The van der Waals surface area contributed by atoms with Gasteiger partial charge in [-0.2, -0.15) is 9.97 Å². The van der Waals surface area contributed by atoms with Crippen LogP contribution < -0.4 is 16.2 Å². The molecule has 0 unspecified atom stereocenters.